The van der Waals surface area contributed by atoms with Gasteiger partial charge in [-0.3, -0.25) is 9.30 Å². The quantitative estimate of drug-likeness (QED) is 0.744. The summed E-state index contributed by atoms with van der Waals surface area (Å²) in [6.45, 7) is 7.20. The van der Waals surface area contributed by atoms with Crippen LogP contribution in [0.1, 0.15) is 11.4 Å². The van der Waals surface area contributed by atoms with Gasteiger partial charge in [-0.1, -0.05) is 18.2 Å². The fourth-order valence-corrected chi connectivity index (χ4v) is 3.17. The molecule has 0 N–H and O–H groups in total. The third kappa shape index (κ3) is 2.92. The highest BCUT2D eigenvalue weighted by Crippen LogP contribution is 2.17. The molecule has 118 valence electrons. The maximum Gasteiger partial charge on any atom is 0.139 e. The molecule has 0 saturated carbocycles. The van der Waals surface area contributed by atoms with Crippen LogP contribution < -0.4 is 4.90 Å². The van der Waals surface area contributed by atoms with Gasteiger partial charge in [0.2, 0.25) is 0 Å². The molecule has 3 aromatic rings. The molecule has 0 radical (unpaired) electrons. The van der Waals surface area contributed by atoms with Gasteiger partial charge >= 0.3 is 0 Å². The van der Waals surface area contributed by atoms with Crippen molar-refractivity contribution in [3.05, 3.63) is 60.3 Å². The fraction of sp³-hybridized carbons (Fsp3) is 0.333. The molecule has 3 heterocycles. The Kier molecular flexibility index (Phi) is 3.71. The van der Waals surface area contributed by atoms with Crippen molar-refractivity contribution >= 4 is 11.3 Å². The maximum atomic E-state index is 4.49. The minimum atomic E-state index is 0.925. The molecule has 1 saturated heterocycles. The van der Waals surface area contributed by atoms with E-state index in [0.717, 1.165) is 44.1 Å². The number of para-hydroxylation sites is 1. The predicted octanol–water partition coefficient (Wildman–Crippen LogP) is 2.36. The Morgan fingerprint density at radius 3 is 2.57 bits per heavy atom. The van der Waals surface area contributed by atoms with Crippen molar-refractivity contribution in [2.45, 2.75) is 13.5 Å². The molecule has 0 aliphatic carbocycles. The number of imidazole rings is 1. The minimum absolute atomic E-state index is 0.925. The van der Waals surface area contributed by atoms with Gasteiger partial charge in [0.25, 0.3) is 0 Å². The van der Waals surface area contributed by atoms with Crippen LogP contribution in [-0.2, 0) is 6.54 Å². The molecule has 5 nitrogen and oxygen atoms in total. The van der Waals surface area contributed by atoms with Crippen LogP contribution in [0.3, 0.4) is 0 Å². The number of aryl methyl sites for hydroxylation is 1. The van der Waals surface area contributed by atoms with Gasteiger partial charge in [0.15, 0.2) is 0 Å². The number of anilines is 1. The van der Waals surface area contributed by atoms with E-state index in [1.165, 1.54) is 11.4 Å². The summed E-state index contributed by atoms with van der Waals surface area (Å²) >= 11 is 0. The maximum absolute atomic E-state index is 4.49. The standard InChI is InChI=1S/C18H21N5/c1-15-11-18-19-12-17(23(18)14-20-15)13-21-7-9-22(10-8-21)16-5-3-2-4-6-16/h2-6,11-12,14H,7-10,13H2,1H3. The third-order valence-electron chi connectivity index (χ3n) is 4.50. The summed E-state index contributed by atoms with van der Waals surface area (Å²) in [4.78, 5) is 13.8. The van der Waals surface area contributed by atoms with Crippen LogP contribution >= 0.6 is 0 Å². The average molecular weight is 307 g/mol. The van der Waals surface area contributed by atoms with E-state index in [1.807, 2.05) is 25.5 Å². The van der Waals surface area contributed by atoms with Gasteiger partial charge in [0.1, 0.15) is 12.0 Å². The van der Waals surface area contributed by atoms with Gasteiger partial charge in [-0.25, -0.2) is 9.97 Å². The summed E-state index contributed by atoms with van der Waals surface area (Å²) in [6.07, 6.45) is 3.85. The van der Waals surface area contributed by atoms with Crippen LogP contribution in [0.25, 0.3) is 5.65 Å². The van der Waals surface area contributed by atoms with Gasteiger partial charge in [-0.15, -0.1) is 0 Å². The smallest absolute Gasteiger partial charge is 0.139 e. The lowest BCUT2D eigenvalue weighted by molar-refractivity contribution is 0.246. The highest BCUT2D eigenvalue weighted by atomic mass is 15.3. The van der Waals surface area contributed by atoms with Crippen molar-refractivity contribution in [3.8, 4) is 0 Å². The number of aromatic nitrogens is 3. The molecule has 0 spiro atoms. The topological polar surface area (TPSA) is 36.7 Å². The highest BCUT2D eigenvalue weighted by Gasteiger charge is 2.18. The molecule has 4 rings (SSSR count). The van der Waals surface area contributed by atoms with Crippen molar-refractivity contribution in [2.24, 2.45) is 0 Å². The van der Waals surface area contributed by atoms with Crippen LogP contribution in [0, 0.1) is 6.92 Å². The monoisotopic (exact) mass is 307 g/mol. The molecule has 2 aromatic heterocycles. The summed E-state index contributed by atoms with van der Waals surface area (Å²) in [5.41, 5.74) is 4.52. The molecule has 23 heavy (non-hydrogen) atoms. The Morgan fingerprint density at radius 2 is 1.78 bits per heavy atom. The Morgan fingerprint density at radius 1 is 1.00 bits per heavy atom. The summed E-state index contributed by atoms with van der Waals surface area (Å²) in [5.74, 6) is 0. The second-order valence-electron chi connectivity index (χ2n) is 6.11. The predicted molar refractivity (Wildman–Crippen MR) is 91.7 cm³/mol. The third-order valence-corrected chi connectivity index (χ3v) is 4.50. The van der Waals surface area contributed by atoms with Crippen molar-refractivity contribution in [1.29, 1.82) is 0 Å². The first-order valence-corrected chi connectivity index (χ1v) is 8.10. The lowest BCUT2D eigenvalue weighted by Crippen LogP contribution is -2.46. The van der Waals surface area contributed by atoms with Crippen LogP contribution in [0.2, 0.25) is 0 Å². The molecule has 1 aliphatic rings. The normalized spacial score (nSPS) is 16.1. The van der Waals surface area contributed by atoms with E-state index in [1.54, 1.807) is 0 Å². The van der Waals surface area contributed by atoms with Crippen molar-refractivity contribution in [3.63, 3.8) is 0 Å². The Labute approximate surface area is 136 Å². The van der Waals surface area contributed by atoms with Crippen molar-refractivity contribution in [1.82, 2.24) is 19.3 Å². The van der Waals surface area contributed by atoms with E-state index in [9.17, 15) is 0 Å². The van der Waals surface area contributed by atoms with Crippen LogP contribution in [-0.4, -0.2) is 45.4 Å². The molecule has 1 aliphatic heterocycles. The Bertz CT molecular complexity index is 788. The van der Waals surface area contributed by atoms with E-state index in [4.69, 9.17) is 0 Å². The summed E-state index contributed by atoms with van der Waals surface area (Å²) in [5, 5.41) is 0. The number of benzene rings is 1. The second kappa shape index (κ2) is 6.01. The van der Waals surface area contributed by atoms with Crippen LogP contribution in [0.4, 0.5) is 5.69 Å². The van der Waals surface area contributed by atoms with Gasteiger partial charge in [-0.2, -0.15) is 0 Å². The minimum Gasteiger partial charge on any atom is -0.369 e. The van der Waals surface area contributed by atoms with E-state index >= 15 is 0 Å². The zero-order valence-corrected chi connectivity index (χ0v) is 13.4. The molecular weight excluding hydrogens is 286 g/mol. The van der Waals surface area contributed by atoms with Crippen LogP contribution in [0.5, 0.6) is 0 Å². The van der Waals surface area contributed by atoms with Gasteiger partial charge in [-0.05, 0) is 19.1 Å². The number of hydrogen-bond donors (Lipinski definition) is 0. The van der Waals surface area contributed by atoms with E-state index in [-0.39, 0.29) is 0 Å². The Hall–Kier alpha value is -2.40. The molecule has 1 aromatic carbocycles. The molecule has 0 atom stereocenters. The number of nitrogens with zero attached hydrogens (tertiary/aromatic N) is 5. The molecule has 0 bridgehead atoms. The largest absolute Gasteiger partial charge is 0.369 e. The molecule has 0 unspecified atom stereocenters. The number of fused-ring (bicyclic) bond motifs is 1. The average Bonchev–Trinajstić information content (AvgIpc) is 2.98. The van der Waals surface area contributed by atoms with Gasteiger partial charge < -0.3 is 4.90 Å². The first kappa shape index (κ1) is 14.2. The van der Waals surface area contributed by atoms with Crippen molar-refractivity contribution < 1.29 is 0 Å². The molecule has 1 fully saturated rings. The zero-order chi connectivity index (χ0) is 15.6. The lowest BCUT2D eigenvalue weighted by Gasteiger charge is -2.36. The molecule has 5 heteroatoms. The molecule has 0 amide bonds. The summed E-state index contributed by atoms with van der Waals surface area (Å²) in [7, 11) is 0. The van der Waals surface area contributed by atoms with Crippen LogP contribution in [0.15, 0.2) is 48.9 Å². The fourth-order valence-electron chi connectivity index (χ4n) is 3.17. The number of rotatable bonds is 3. The van der Waals surface area contributed by atoms with E-state index in [0.29, 0.717) is 0 Å². The van der Waals surface area contributed by atoms with E-state index < -0.39 is 0 Å². The van der Waals surface area contributed by atoms with Gasteiger partial charge in [0.05, 0.1) is 11.9 Å². The number of hydrogen-bond acceptors (Lipinski definition) is 4. The lowest BCUT2D eigenvalue weighted by atomic mass is 10.2. The van der Waals surface area contributed by atoms with Crippen molar-refractivity contribution in [2.75, 3.05) is 31.1 Å². The Balaban J connectivity index is 1.43. The van der Waals surface area contributed by atoms with Gasteiger partial charge in [0, 0.05) is 50.2 Å². The zero-order valence-electron chi connectivity index (χ0n) is 13.4. The summed E-state index contributed by atoms with van der Waals surface area (Å²) in [6, 6.07) is 12.7. The second-order valence-corrected chi connectivity index (χ2v) is 6.11. The first-order chi connectivity index (χ1) is 11.3. The molecular formula is C18H21N5. The first-order valence-electron chi connectivity index (χ1n) is 8.10. The number of piperazine rings is 1. The highest BCUT2D eigenvalue weighted by molar-refractivity contribution is 5.46. The van der Waals surface area contributed by atoms with E-state index in [2.05, 4.69) is 54.5 Å². The summed E-state index contributed by atoms with van der Waals surface area (Å²) < 4.78 is 2.09. The SMILES string of the molecule is Cc1cc2ncc(CN3CCN(c4ccccc4)CC3)n2cn1.